The maximum Gasteiger partial charge on any atom is 0.260 e. The van der Waals surface area contributed by atoms with Crippen LogP contribution in [0.15, 0.2) is 47.0 Å². The van der Waals surface area contributed by atoms with Gasteiger partial charge in [0.05, 0.1) is 28.6 Å². The minimum Gasteiger partial charge on any atom is -0.504 e. The van der Waals surface area contributed by atoms with E-state index < -0.39 is 5.91 Å². The molecule has 1 amide bonds. The van der Waals surface area contributed by atoms with E-state index in [0.717, 1.165) is 29.5 Å². The lowest BCUT2D eigenvalue weighted by Gasteiger charge is -2.14. The number of hydrogen-bond donors (Lipinski definition) is 3. The monoisotopic (exact) mass is 464 g/mol. The molecule has 2 aromatic carbocycles. The highest BCUT2D eigenvalue weighted by atomic mass is 35.5. The molecule has 1 aliphatic heterocycles. The van der Waals surface area contributed by atoms with E-state index in [4.69, 9.17) is 16.1 Å². The second-order valence-corrected chi connectivity index (χ2v) is 10.3. The van der Waals surface area contributed by atoms with Gasteiger partial charge in [0.15, 0.2) is 5.76 Å². The summed E-state index contributed by atoms with van der Waals surface area (Å²) in [6, 6.07) is 13.1. The molecule has 6 nitrogen and oxygen atoms in total. The SMILES string of the molecule is CC(C)(C)c1cc(/C(O)=C2\C(=O)Nc3cc(Cl)c(-c4ccc(C5(CO)CC5)cc4)cc32)on1. The molecular formula is C26H25ClN2O4. The van der Waals surface area contributed by atoms with E-state index in [1.165, 1.54) is 0 Å². The lowest BCUT2D eigenvalue weighted by molar-refractivity contribution is -0.110. The third-order valence-electron chi connectivity index (χ3n) is 6.57. The largest absolute Gasteiger partial charge is 0.504 e. The van der Waals surface area contributed by atoms with Gasteiger partial charge in [-0.25, -0.2) is 0 Å². The number of carbonyl (C=O) groups is 1. The van der Waals surface area contributed by atoms with Crippen molar-refractivity contribution in [3.05, 3.63) is 70.1 Å². The van der Waals surface area contributed by atoms with Gasteiger partial charge in [-0.05, 0) is 36.1 Å². The van der Waals surface area contributed by atoms with E-state index >= 15 is 0 Å². The summed E-state index contributed by atoms with van der Waals surface area (Å²) in [6.45, 7) is 6.11. The van der Waals surface area contributed by atoms with E-state index in [2.05, 4.69) is 10.5 Å². The van der Waals surface area contributed by atoms with Crippen LogP contribution in [-0.4, -0.2) is 27.9 Å². The Morgan fingerprint density at radius 2 is 1.85 bits per heavy atom. The standard InChI is InChI=1S/C26H25ClN2O4/c1-25(2,3)21-12-20(33-29-21)23(31)22-17-10-16(18(27)11-19(17)28-24(22)32)14-4-6-15(7-5-14)26(13-30)8-9-26/h4-7,10-12,30-31H,8-9,13H2,1-3H3,(H,28,32)/b23-22+. The Labute approximate surface area is 196 Å². The Hall–Kier alpha value is -3.09. The second-order valence-electron chi connectivity index (χ2n) is 9.90. The zero-order valence-electron chi connectivity index (χ0n) is 18.7. The maximum absolute atomic E-state index is 12.7. The second kappa shape index (κ2) is 7.47. The van der Waals surface area contributed by atoms with Crippen LogP contribution in [0.2, 0.25) is 5.02 Å². The van der Waals surface area contributed by atoms with Crippen LogP contribution >= 0.6 is 11.6 Å². The fraction of sp³-hybridized carbons (Fsp3) is 0.308. The van der Waals surface area contributed by atoms with Crippen molar-refractivity contribution in [3.63, 3.8) is 0 Å². The number of amides is 1. The van der Waals surface area contributed by atoms with Gasteiger partial charge in [0.2, 0.25) is 5.76 Å². The molecule has 7 heteroatoms. The zero-order valence-corrected chi connectivity index (χ0v) is 19.5. The Bertz CT molecular complexity index is 1290. The van der Waals surface area contributed by atoms with Crippen molar-refractivity contribution in [1.29, 1.82) is 0 Å². The molecule has 1 fully saturated rings. The van der Waals surface area contributed by atoms with Crippen molar-refractivity contribution in [1.82, 2.24) is 5.16 Å². The highest BCUT2D eigenvalue weighted by molar-refractivity contribution is 6.38. The normalized spacial score (nSPS) is 18.2. The van der Waals surface area contributed by atoms with Crippen LogP contribution < -0.4 is 5.32 Å². The summed E-state index contributed by atoms with van der Waals surface area (Å²) < 4.78 is 5.34. The van der Waals surface area contributed by atoms with E-state index in [-0.39, 0.29) is 34.5 Å². The van der Waals surface area contributed by atoms with E-state index in [1.54, 1.807) is 18.2 Å². The molecule has 3 aromatic rings. The highest BCUT2D eigenvalue weighted by Crippen LogP contribution is 2.48. The molecule has 0 unspecified atom stereocenters. The maximum atomic E-state index is 12.7. The molecular weight excluding hydrogens is 440 g/mol. The number of anilines is 1. The van der Waals surface area contributed by atoms with Crippen molar-refractivity contribution in [2.24, 2.45) is 0 Å². The molecule has 5 rings (SSSR count). The minimum absolute atomic E-state index is 0.110. The first kappa shape index (κ1) is 21.7. The fourth-order valence-corrected chi connectivity index (χ4v) is 4.48. The van der Waals surface area contributed by atoms with Crippen molar-refractivity contribution in [2.75, 3.05) is 11.9 Å². The Morgan fingerprint density at radius 1 is 1.15 bits per heavy atom. The molecule has 0 spiro atoms. The number of nitrogens with zero attached hydrogens (tertiary/aromatic N) is 1. The molecule has 2 aliphatic rings. The van der Waals surface area contributed by atoms with Crippen LogP contribution in [0.3, 0.4) is 0 Å². The lowest BCUT2D eigenvalue weighted by atomic mass is 9.92. The number of aliphatic hydroxyl groups is 2. The van der Waals surface area contributed by atoms with Crippen molar-refractivity contribution >= 4 is 34.5 Å². The highest BCUT2D eigenvalue weighted by Gasteiger charge is 2.43. The summed E-state index contributed by atoms with van der Waals surface area (Å²) in [4.78, 5) is 12.7. The minimum atomic E-state index is -0.432. The predicted octanol–water partition coefficient (Wildman–Crippen LogP) is 5.69. The summed E-state index contributed by atoms with van der Waals surface area (Å²) in [5.74, 6) is -0.563. The van der Waals surface area contributed by atoms with Gasteiger partial charge >= 0.3 is 0 Å². The molecule has 1 saturated carbocycles. The Balaban J connectivity index is 1.56. The summed E-state index contributed by atoms with van der Waals surface area (Å²) in [6.07, 6.45) is 1.98. The molecule has 0 saturated heterocycles. The average Bonchev–Trinajstić information content (AvgIpc) is 3.27. The zero-order chi connectivity index (χ0) is 23.5. The number of benzene rings is 2. The number of aliphatic hydroxyl groups excluding tert-OH is 2. The summed E-state index contributed by atoms with van der Waals surface area (Å²) in [7, 11) is 0. The summed E-state index contributed by atoms with van der Waals surface area (Å²) in [5, 5.41) is 27.9. The third kappa shape index (κ3) is 3.63. The number of hydrogen-bond acceptors (Lipinski definition) is 5. The molecule has 3 N–H and O–H groups in total. The van der Waals surface area contributed by atoms with E-state index in [9.17, 15) is 15.0 Å². The summed E-state index contributed by atoms with van der Waals surface area (Å²) >= 11 is 6.56. The van der Waals surface area contributed by atoms with Gasteiger partial charge in [0.1, 0.15) is 0 Å². The Kier molecular flexibility index (Phi) is 4.92. The van der Waals surface area contributed by atoms with Crippen LogP contribution in [-0.2, 0) is 15.6 Å². The average molecular weight is 465 g/mol. The fourth-order valence-electron chi connectivity index (χ4n) is 4.20. The molecule has 2 heterocycles. The van der Waals surface area contributed by atoms with Crippen molar-refractivity contribution in [2.45, 2.75) is 44.4 Å². The van der Waals surface area contributed by atoms with Crippen LogP contribution in [0, 0.1) is 0 Å². The molecule has 0 bridgehead atoms. The molecule has 0 atom stereocenters. The number of nitrogens with one attached hydrogen (secondary N) is 1. The quantitative estimate of drug-likeness (QED) is 0.340. The first-order chi connectivity index (χ1) is 15.6. The molecule has 33 heavy (non-hydrogen) atoms. The molecule has 0 radical (unpaired) electrons. The first-order valence-electron chi connectivity index (χ1n) is 10.9. The van der Waals surface area contributed by atoms with Crippen LogP contribution in [0.5, 0.6) is 0 Å². The van der Waals surface area contributed by atoms with Gasteiger partial charge in [0, 0.05) is 28.0 Å². The lowest BCUT2D eigenvalue weighted by Crippen LogP contribution is -2.11. The van der Waals surface area contributed by atoms with Gasteiger partial charge < -0.3 is 20.1 Å². The van der Waals surface area contributed by atoms with Crippen molar-refractivity contribution in [3.8, 4) is 11.1 Å². The van der Waals surface area contributed by atoms with E-state index in [1.807, 2.05) is 45.0 Å². The smallest absolute Gasteiger partial charge is 0.260 e. The van der Waals surface area contributed by atoms with E-state index in [0.29, 0.717) is 22.0 Å². The topological polar surface area (TPSA) is 95.6 Å². The van der Waals surface area contributed by atoms with Gasteiger partial charge in [-0.3, -0.25) is 4.79 Å². The van der Waals surface area contributed by atoms with Gasteiger partial charge in [-0.2, -0.15) is 0 Å². The van der Waals surface area contributed by atoms with Crippen LogP contribution in [0.25, 0.3) is 22.5 Å². The number of fused-ring (bicyclic) bond motifs is 1. The van der Waals surface area contributed by atoms with Gasteiger partial charge in [-0.15, -0.1) is 0 Å². The number of rotatable bonds is 4. The first-order valence-corrected chi connectivity index (χ1v) is 11.3. The van der Waals surface area contributed by atoms with Crippen molar-refractivity contribution < 1.29 is 19.5 Å². The van der Waals surface area contributed by atoms with Gasteiger partial charge in [0.25, 0.3) is 5.91 Å². The summed E-state index contributed by atoms with van der Waals surface area (Å²) in [5.41, 5.74) is 4.24. The third-order valence-corrected chi connectivity index (χ3v) is 6.88. The molecule has 170 valence electrons. The van der Waals surface area contributed by atoms with Crippen LogP contribution in [0.4, 0.5) is 5.69 Å². The Morgan fingerprint density at radius 3 is 2.42 bits per heavy atom. The molecule has 1 aromatic heterocycles. The predicted molar refractivity (Wildman–Crippen MR) is 128 cm³/mol. The number of carbonyl (C=O) groups excluding carboxylic acids is 1. The molecule has 1 aliphatic carbocycles. The number of halogens is 1. The van der Waals surface area contributed by atoms with Crippen LogP contribution in [0.1, 0.15) is 56.2 Å². The van der Waals surface area contributed by atoms with Gasteiger partial charge in [-0.1, -0.05) is 61.8 Å². The number of aromatic nitrogens is 1.